The van der Waals surface area contributed by atoms with E-state index in [-0.39, 0.29) is 0 Å². The van der Waals surface area contributed by atoms with Crippen LogP contribution in [0.25, 0.3) is 0 Å². The molecule has 1 saturated heterocycles. The van der Waals surface area contributed by atoms with Crippen LogP contribution in [0.5, 0.6) is 0 Å². The maximum atomic E-state index is 10.6. The summed E-state index contributed by atoms with van der Waals surface area (Å²) in [5.74, 6) is 0. The van der Waals surface area contributed by atoms with Crippen molar-refractivity contribution < 1.29 is 5.11 Å². The second kappa shape index (κ2) is 4.80. The van der Waals surface area contributed by atoms with Gasteiger partial charge in [-0.1, -0.05) is 60.7 Å². The minimum absolute atomic E-state index is 0.352. The Hall–Kier alpha value is -1.64. The summed E-state index contributed by atoms with van der Waals surface area (Å²) in [7, 11) is 0. The summed E-state index contributed by atoms with van der Waals surface area (Å²) in [4.78, 5) is 2.31. The van der Waals surface area contributed by atoms with Gasteiger partial charge in [0, 0.05) is 19.1 Å². The second-order valence-electron chi connectivity index (χ2n) is 5.39. The molecule has 0 spiro atoms. The molecule has 1 atom stereocenters. The predicted octanol–water partition coefficient (Wildman–Crippen LogP) is 2.95. The normalized spacial score (nSPS) is 19.7. The molecule has 2 heteroatoms. The molecule has 98 valence electrons. The van der Waals surface area contributed by atoms with E-state index in [1.165, 1.54) is 5.56 Å². The first-order valence-electron chi connectivity index (χ1n) is 6.76. The van der Waals surface area contributed by atoms with Crippen LogP contribution in [0.4, 0.5) is 0 Å². The molecule has 0 bridgehead atoms. The standard InChI is InChI=1S/C17H19NO/c1-14(15-8-4-2-5-9-15)18-12-17(19,13-18)16-10-6-3-7-11-16/h2-11,14,19H,12-13H2,1H3. The van der Waals surface area contributed by atoms with Crippen molar-refractivity contribution >= 4 is 0 Å². The average Bonchev–Trinajstić information content (AvgIpc) is 2.45. The summed E-state index contributed by atoms with van der Waals surface area (Å²) in [6.07, 6.45) is 0. The van der Waals surface area contributed by atoms with Crippen molar-refractivity contribution in [3.8, 4) is 0 Å². The second-order valence-corrected chi connectivity index (χ2v) is 5.39. The third kappa shape index (κ3) is 2.29. The molecule has 2 nitrogen and oxygen atoms in total. The van der Waals surface area contributed by atoms with E-state index in [0.29, 0.717) is 19.1 Å². The summed E-state index contributed by atoms with van der Waals surface area (Å²) in [6.45, 7) is 3.60. The molecular weight excluding hydrogens is 234 g/mol. The van der Waals surface area contributed by atoms with Crippen molar-refractivity contribution in [1.29, 1.82) is 0 Å². The van der Waals surface area contributed by atoms with Gasteiger partial charge in [-0.15, -0.1) is 0 Å². The van der Waals surface area contributed by atoms with Crippen molar-refractivity contribution in [2.24, 2.45) is 0 Å². The van der Waals surface area contributed by atoms with Gasteiger partial charge in [-0.05, 0) is 18.1 Å². The maximum Gasteiger partial charge on any atom is 0.115 e. The van der Waals surface area contributed by atoms with Gasteiger partial charge in [0.25, 0.3) is 0 Å². The Balaban J connectivity index is 1.70. The Kier molecular flexibility index (Phi) is 3.13. The highest BCUT2D eigenvalue weighted by Crippen LogP contribution is 2.37. The number of nitrogens with zero attached hydrogens (tertiary/aromatic N) is 1. The van der Waals surface area contributed by atoms with Crippen LogP contribution in [0.1, 0.15) is 24.1 Å². The molecule has 0 amide bonds. The molecule has 2 aromatic rings. The predicted molar refractivity (Wildman–Crippen MR) is 76.8 cm³/mol. The summed E-state index contributed by atoms with van der Waals surface area (Å²) >= 11 is 0. The van der Waals surface area contributed by atoms with E-state index in [1.54, 1.807) is 0 Å². The van der Waals surface area contributed by atoms with Crippen molar-refractivity contribution in [1.82, 2.24) is 4.90 Å². The Morgan fingerprint density at radius 2 is 1.47 bits per heavy atom. The lowest BCUT2D eigenvalue weighted by Crippen LogP contribution is -2.59. The molecule has 0 aromatic heterocycles. The van der Waals surface area contributed by atoms with Gasteiger partial charge in [-0.2, -0.15) is 0 Å². The van der Waals surface area contributed by atoms with Gasteiger partial charge < -0.3 is 5.11 Å². The van der Waals surface area contributed by atoms with Crippen LogP contribution in [0.2, 0.25) is 0 Å². The number of aliphatic hydroxyl groups is 1. The molecule has 0 radical (unpaired) electrons. The maximum absolute atomic E-state index is 10.6. The first-order chi connectivity index (χ1) is 9.19. The van der Waals surface area contributed by atoms with E-state index in [9.17, 15) is 5.11 Å². The van der Waals surface area contributed by atoms with Gasteiger partial charge in [-0.3, -0.25) is 4.90 Å². The number of benzene rings is 2. The summed E-state index contributed by atoms with van der Waals surface area (Å²) in [5, 5.41) is 10.6. The van der Waals surface area contributed by atoms with Crippen molar-refractivity contribution in [3.63, 3.8) is 0 Å². The number of hydrogen-bond donors (Lipinski definition) is 1. The first kappa shape index (κ1) is 12.4. The lowest BCUT2D eigenvalue weighted by atomic mass is 9.84. The molecule has 0 saturated carbocycles. The third-order valence-corrected chi connectivity index (χ3v) is 4.07. The number of β-amino-alcohol motifs (C(OH)–C–C–N with tert-alkyl or cyclic N) is 1. The highest BCUT2D eigenvalue weighted by molar-refractivity contribution is 5.28. The van der Waals surface area contributed by atoms with Crippen LogP contribution in [0.3, 0.4) is 0 Å². The van der Waals surface area contributed by atoms with Crippen molar-refractivity contribution in [2.75, 3.05) is 13.1 Å². The van der Waals surface area contributed by atoms with Gasteiger partial charge >= 0.3 is 0 Å². The van der Waals surface area contributed by atoms with Crippen molar-refractivity contribution in [3.05, 3.63) is 71.8 Å². The first-order valence-corrected chi connectivity index (χ1v) is 6.76. The molecule has 1 fully saturated rings. The zero-order valence-electron chi connectivity index (χ0n) is 11.2. The Labute approximate surface area is 114 Å². The largest absolute Gasteiger partial charge is 0.382 e. The monoisotopic (exact) mass is 253 g/mol. The molecule has 2 aromatic carbocycles. The quantitative estimate of drug-likeness (QED) is 0.909. The molecule has 19 heavy (non-hydrogen) atoms. The zero-order chi connectivity index (χ0) is 13.3. The number of rotatable bonds is 3. The topological polar surface area (TPSA) is 23.5 Å². The van der Waals surface area contributed by atoms with Crippen molar-refractivity contribution in [2.45, 2.75) is 18.6 Å². The molecule has 1 unspecified atom stereocenters. The van der Waals surface area contributed by atoms with E-state index < -0.39 is 5.60 Å². The highest BCUT2D eigenvalue weighted by Gasteiger charge is 2.44. The summed E-state index contributed by atoms with van der Waals surface area (Å²) in [5.41, 5.74) is 1.65. The fourth-order valence-electron chi connectivity index (χ4n) is 2.77. The number of likely N-dealkylation sites (tertiary alicyclic amines) is 1. The van der Waals surface area contributed by atoms with E-state index in [1.807, 2.05) is 36.4 Å². The zero-order valence-corrected chi connectivity index (χ0v) is 11.2. The van der Waals surface area contributed by atoms with Gasteiger partial charge in [0.15, 0.2) is 0 Å². The fourth-order valence-corrected chi connectivity index (χ4v) is 2.77. The molecule has 1 heterocycles. The number of hydrogen-bond acceptors (Lipinski definition) is 2. The van der Waals surface area contributed by atoms with E-state index in [4.69, 9.17) is 0 Å². The minimum Gasteiger partial charge on any atom is -0.382 e. The third-order valence-electron chi connectivity index (χ3n) is 4.07. The molecule has 1 aliphatic heterocycles. The summed E-state index contributed by atoms with van der Waals surface area (Å²) < 4.78 is 0. The highest BCUT2D eigenvalue weighted by atomic mass is 16.3. The van der Waals surface area contributed by atoms with Crippen LogP contribution in [-0.4, -0.2) is 23.1 Å². The van der Waals surface area contributed by atoms with Crippen LogP contribution in [0, 0.1) is 0 Å². The van der Waals surface area contributed by atoms with E-state index in [2.05, 4.69) is 36.1 Å². The Bertz CT molecular complexity index is 532. The molecule has 3 rings (SSSR count). The van der Waals surface area contributed by atoms with Crippen LogP contribution in [0.15, 0.2) is 60.7 Å². The van der Waals surface area contributed by atoms with Gasteiger partial charge in [0.2, 0.25) is 0 Å². The Morgan fingerprint density at radius 3 is 2.05 bits per heavy atom. The smallest absolute Gasteiger partial charge is 0.115 e. The molecule has 1 aliphatic rings. The summed E-state index contributed by atoms with van der Waals surface area (Å²) in [6, 6.07) is 20.8. The SMILES string of the molecule is CC(c1ccccc1)N1CC(O)(c2ccccc2)C1. The van der Waals surface area contributed by atoms with Crippen LogP contribution < -0.4 is 0 Å². The lowest BCUT2D eigenvalue weighted by molar-refractivity contribution is -0.119. The van der Waals surface area contributed by atoms with E-state index in [0.717, 1.165) is 5.56 Å². The van der Waals surface area contributed by atoms with E-state index >= 15 is 0 Å². The van der Waals surface area contributed by atoms with Crippen LogP contribution in [-0.2, 0) is 5.60 Å². The fraction of sp³-hybridized carbons (Fsp3) is 0.294. The minimum atomic E-state index is -0.676. The molecule has 1 N–H and O–H groups in total. The Morgan fingerprint density at radius 1 is 0.947 bits per heavy atom. The van der Waals surface area contributed by atoms with Gasteiger partial charge in [-0.25, -0.2) is 0 Å². The molecular formula is C17H19NO. The van der Waals surface area contributed by atoms with Gasteiger partial charge in [0.05, 0.1) is 0 Å². The molecule has 0 aliphatic carbocycles. The average molecular weight is 253 g/mol. The van der Waals surface area contributed by atoms with Gasteiger partial charge in [0.1, 0.15) is 5.60 Å². The lowest BCUT2D eigenvalue weighted by Gasteiger charge is -2.49. The van der Waals surface area contributed by atoms with Crippen LogP contribution >= 0.6 is 0 Å².